The maximum atomic E-state index is 10.0. The predicted molar refractivity (Wildman–Crippen MR) is 105 cm³/mol. The van der Waals surface area contributed by atoms with E-state index in [1.54, 1.807) is 13.8 Å². The van der Waals surface area contributed by atoms with E-state index >= 15 is 0 Å². The van der Waals surface area contributed by atoms with Crippen molar-refractivity contribution in [2.24, 2.45) is 0 Å². The van der Waals surface area contributed by atoms with Crippen LogP contribution in [0.5, 0.6) is 0 Å². The summed E-state index contributed by atoms with van der Waals surface area (Å²) in [6.07, 6.45) is 2.22. The van der Waals surface area contributed by atoms with Gasteiger partial charge < -0.3 is 53.7 Å². The maximum absolute atomic E-state index is 10.0. The molecule has 0 saturated carbocycles. The van der Waals surface area contributed by atoms with Crippen LogP contribution in [-0.4, -0.2) is 102 Å². The van der Waals surface area contributed by atoms with Crippen LogP contribution in [0.25, 0.3) is 0 Å². The summed E-state index contributed by atoms with van der Waals surface area (Å²) in [7, 11) is -9.28. The molecule has 0 amide bonds. The summed E-state index contributed by atoms with van der Waals surface area (Å²) in [5, 5.41) is 0. The molecular weight excluding hydrogens is 462 g/mol. The Hall–Kier alpha value is 0.666. The molecule has 28 heavy (non-hydrogen) atoms. The Kier molecular flexibility index (Phi) is 59.3. The Bertz CT molecular complexity index is 405. The molecule has 0 fully saturated rings. The molecule has 0 aromatic heterocycles. The van der Waals surface area contributed by atoms with Crippen molar-refractivity contribution in [3.05, 3.63) is 53.4 Å². The third kappa shape index (κ3) is 154. The van der Waals surface area contributed by atoms with Crippen LogP contribution in [-0.2, 0) is 28.2 Å². The van der Waals surface area contributed by atoms with E-state index in [-0.39, 0.29) is 75.6 Å². The molecule has 12 nitrogen and oxygen atoms in total. The Morgan fingerprint density at radius 2 is 0.929 bits per heavy atom. The first-order valence-electron chi connectivity index (χ1n) is 5.40. The molecule has 0 radical (unpaired) electrons. The summed E-state index contributed by atoms with van der Waals surface area (Å²) in [4.78, 5) is 63.2. The number of rotatable bonds is 4. The van der Waals surface area contributed by atoms with Crippen LogP contribution in [0.1, 0.15) is 13.8 Å². The minimum absolute atomic E-state index is 0. The third-order valence-corrected chi connectivity index (χ3v) is 0.801. The van der Waals surface area contributed by atoms with Gasteiger partial charge in [0, 0.05) is 12.2 Å². The summed E-state index contributed by atoms with van der Waals surface area (Å²) < 4.78 is 26.4. The Balaban J connectivity index is -0.0000000306. The molecule has 0 aliphatic carbocycles. The van der Waals surface area contributed by atoms with E-state index in [1.165, 1.54) is 13.2 Å². The molecule has 0 spiro atoms. The van der Waals surface area contributed by atoms with E-state index in [9.17, 15) is 9.59 Å². The quantitative estimate of drug-likeness (QED) is 0.102. The topological polar surface area (TPSA) is 208 Å². The molecular formula is C12H26CaMgO12P2. The number of carbonyl (C=O) groups is 2. The predicted octanol–water partition coefficient (Wildman–Crippen LogP) is 0.0764. The summed E-state index contributed by atoms with van der Waals surface area (Å²) in [5.74, 6) is -0.829. The molecule has 0 aliphatic rings. The van der Waals surface area contributed by atoms with Gasteiger partial charge in [-0.05, 0) is 0 Å². The fraction of sp³-hybridized carbons (Fsp3) is 0.167. The maximum Gasteiger partial charge on any atom is 2.00 e. The van der Waals surface area contributed by atoms with Crippen molar-refractivity contribution in [3.63, 3.8) is 0 Å². The normalized spacial score (nSPS) is 8.00. The Morgan fingerprint density at radius 1 is 0.786 bits per heavy atom. The molecule has 0 aliphatic heterocycles. The summed E-state index contributed by atoms with van der Waals surface area (Å²) in [5.41, 5.74) is 0. The molecule has 0 saturated heterocycles. The van der Waals surface area contributed by atoms with Gasteiger partial charge in [-0.25, -0.2) is 18.7 Å². The van der Waals surface area contributed by atoms with Gasteiger partial charge in [0.1, 0.15) is 0 Å². The molecule has 0 aromatic carbocycles. The molecule has 160 valence electrons. The fourth-order valence-electron chi connectivity index (χ4n) is 0.329. The van der Waals surface area contributed by atoms with Crippen LogP contribution in [0.3, 0.4) is 0 Å². The van der Waals surface area contributed by atoms with Crippen LogP contribution in [0.2, 0.25) is 0 Å². The van der Waals surface area contributed by atoms with Gasteiger partial charge in [-0.15, -0.1) is 0 Å². The van der Waals surface area contributed by atoms with Crippen LogP contribution < -0.4 is 0 Å². The molecule has 0 atom stereocenters. The number of esters is 2. The largest absolute Gasteiger partial charge is 2.00 e. The molecule has 6 N–H and O–H groups in total. The van der Waals surface area contributed by atoms with Crippen LogP contribution >= 0.6 is 15.6 Å². The first-order chi connectivity index (χ1) is 10.6. The van der Waals surface area contributed by atoms with Crippen LogP contribution in [0, 0.1) is 28.1 Å². The zero-order valence-electron chi connectivity index (χ0n) is 16.2. The van der Waals surface area contributed by atoms with E-state index in [0.717, 1.165) is 12.2 Å². The molecule has 0 bridgehead atoms. The minimum atomic E-state index is -4.64. The van der Waals surface area contributed by atoms with Gasteiger partial charge >= 0.3 is 76.4 Å². The van der Waals surface area contributed by atoms with Gasteiger partial charge in [0.25, 0.3) is 11.9 Å². The Morgan fingerprint density at radius 3 is 0.964 bits per heavy atom. The van der Waals surface area contributed by atoms with Gasteiger partial charge in [0.15, 0.2) is 0 Å². The van der Waals surface area contributed by atoms with Crippen molar-refractivity contribution in [3.8, 4) is 0 Å². The second-order valence-electron chi connectivity index (χ2n) is 2.78. The average molecular weight is 489 g/mol. The van der Waals surface area contributed by atoms with Gasteiger partial charge in [-0.2, -0.15) is 27.1 Å². The van der Waals surface area contributed by atoms with Gasteiger partial charge in [-0.1, -0.05) is 13.2 Å². The number of phosphoric acid groups is 2. The van der Waals surface area contributed by atoms with Crippen LogP contribution in [0.15, 0.2) is 25.3 Å². The first kappa shape index (κ1) is 51.4. The molecule has 0 heterocycles. The molecule has 0 rings (SSSR count). The van der Waals surface area contributed by atoms with E-state index in [4.69, 9.17) is 38.5 Å². The zero-order valence-corrected chi connectivity index (χ0v) is 21.6. The number of ether oxygens (including phenoxy) is 2. The average Bonchev–Trinajstić information content (AvgIpc) is 2.36. The fourth-order valence-corrected chi connectivity index (χ4v) is 0.329. The first-order valence-corrected chi connectivity index (χ1v) is 8.53. The second-order valence-corrected chi connectivity index (χ2v) is 4.83. The SMILES string of the molecule is C=CC(=O)O[CH-]C.C=CC(=O)O[CH-]C.O=P(O)(O)O.O=P(O)(O)O.[CH3-].[CH3-].[Ca+2].[Mg+2]. The Labute approximate surface area is 211 Å². The van der Waals surface area contributed by atoms with Gasteiger partial charge in [0.05, 0.1) is 0 Å². The number of hydrogen-bond donors (Lipinski definition) is 6. The molecule has 0 aromatic rings. The zero-order chi connectivity index (χ0) is 20.4. The third-order valence-electron chi connectivity index (χ3n) is 0.801. The van der Waals surface area contributed by atoms with Crippen molar-refractivity contribution < 1.29 is 57.6 Å². The van der Waals surface area contributed by atoms with Crippen molar-refractivity contribution in [1.29, 1.82) is 0 Å². The van der Waals surface area contributed by atoms with E-state index in [1.807, 2.05) is 0 Å². The summed E-state index contributed by atoms with van der Waals surface area (Å²) >= 11 is 0. The minimum Gasteiger partial charge on any atom is -0.634 e. The van der Waals surface area contributed by atoms with Crippen molar-refractivity contribution in [2.75, 3.05) is 0 Å². The van der Waals surface area contributed by atoms with E-state index < -0.39 is 27.6 Å². The van der Waals surface area contributed by atoms with Crippen molar-refractivity contribution in [2.45, 2.75) is 13.8 Å². The summed E-state index contributed by atoms with van der Waals surface area (Å²) in [6, 6.07) is 0. The monoisotopic (exact) mass is 488 g/mol. The van der Waals surface area contributed by atoms with E-state index in [0.29, 0.717) is 0 Å². The van der Waals surface area contributed by atoms with Crippen molar-refractivity contribution in [1.82, 2.24) is 0 Å². The molecule has 16 heteroatoms. The number of hydrogen-bond acceptors (Lipinski definition) is 6. The van der Waals surface area contributed by atoms with Gasteiger partial charge in [0.2, 0.25) is 0 Å². The van der Waals surface area contributed by atoms with Gasteiger partial charge in [-0.3, -0.25) is 0 Å². The van der Waals surface area contributed by atoms with Crippen molar-refractivity contribution >= 4 is 88.4 Å². The standard InChI is InChI=1S/2C5H7O2.2CH3.Ca.Mg.2H3O4P/c2*1-3-5(6)7-4-2;;;;;2*1-5(2,3)4/h2*3-4H,1H2,2H3;2*1H3;;;2*(H3,1,2,3,4)/q4*-1;2*+2;;. The summed E-state index contributed by atoms with van der Waals surface area (Å²) in [6.45, 7) is 12.2. The van der Waals surface area contributed by atoms with E-state index in [2.05, 4.69) is 22.6 Å². The van der Waals surface area contributed by atoms with Crippen LogP contribution in [0.4, 0.5) is 0 Å². The molecule has 0 unspecified atom stereocenters. The smallest absolute Gasteiger partial charge is 0.634 e. The number of carbonyl (C=O) groups excluding carboxylic acids is 2. The second kappa shape index (κ2) is 32.3.